The van der Waals surface area contributed by atoms with Crippen LogP contribution in [0.3, 0.4) is 0 Å². The minimum Gasteiger partial charge on any atom is -0.478 e. The van der Waals surface area contributed by atoms with Crippen molar-refractivity contribution in [1.82, 2.24) is 19.4 Å². The van der Waals surface area contributed by atoms with Gasteiger partial charge in [-0.25, -0.2) is 14.8 Å². The molecule has 2 aliphatic rings. The summed E-state index contributed by atoms with van der Waals surface area (Å²) in [7, 11) is 0. The van der Waals surface area contributed by atoms with Crippen LogP contribution in [0, 0.1) is 0 Å². The van der Waals surface area contributed by atoms with Crippen LogP contribution in [0.1, 0.15) is 51.2 Å². The van der Waals surface area contributed by atoms with Gasteiger partial charge in [0, 0.05) is 25.5 Å². The lowest BCUT2D eigenvalue weighted by molar-refractivity contribution is 0.0636. The van der Waals surface area contributed by atoms with Crippen molar-refractivity contribution in [1.29, 1.82) is 0 Å². The fourth-order valence-electron chi connectivity index (χ4n) is 3.59. The van der Waals surface area contributed by atoms with E-state index in [0.717, 1.165) is 12.8 Å². The number of likely N-dealkylation sites (tertiary alicyclic amines) is 1. The van der Waals surface area contributed by atoms with Gasteiger partial charge in [0.15, 0.2) is 5.82 Å². The van der Waals surface area contributed by atoms with Gasteiger partial charge in [-0.05, 0) is 25.0 Å². The summed E-state index contributed by atoms with van der Waals surface area (Å²) in [4.78, 5) is 35.0. The highest BCUT2D eigenvalue weighted by atomic mass is 16.5. The molecule has 4 rings (SSSR count). The summed E-state index contributed by atoms with van der Waals surface area (Å²) in [5, 5.41) is 9.42. The molecular weight excluding hydrogens is 324 g/mol. The first-order chi connectivity index (χ1) is 12.2. The first-order valence-corrected chi connectivity index (χ1v) is 8.28. The molecule has 0 saturated carbocycles. The SMILES string of the molecule is O=C(O)c1cc(C(=O)N2CCCC2c2ncccn2)n2c1COCC2. The summed E-state index contributed by atoms with van der Waals surface area (Å²) < 4.78 is 7.14. The number of hydrogen-bond donors (Lipinski definition) is 1. The van der Waals surface area contributed by atoms with Gasteiger partial charge < -0.3 is 19.3 Å². The Labute approximate surface area is 144 Å². The summed E-state index contributed by atoms with van der Waals surface area (Å²) in [5.41, 5.74) is 1.09. The number of carbonyl (C=O) groups excluding carboxylic acids is 1. The number of hydrogen-bond acceptors (Lipinski definition) is 5. The zero-order valence-corrected chi connectivity index (χ0v) is 13.6. The van der Waals surface area contributed by atoms with Crippen LogP contribution in [-0.4, -0.2) is 49.6 Å². The molecule has 0 radical (unpaired) electrons. The summed E-state index contributed by atoms with van der Waals surface area (Å²) >= 11 is 0. The minimum absolute atomic E-state index is 0.134. The van der Waals surface area contributed by atoms with E-state index in [1.165, 1.54) is 6.07 Å². The second-order valence-electron chi connectivity index (χ2n) is 6.16. The largest absolute Gasteiger partial charge is 0.478 e. The third-order valence-electron chi connectivity index (χ3n) is 4.75. The second kappa shape index (κ2) is 6.29. The van der Waals surface area contributed by atoms with E-state index in [-0.39, 0.29) is 24.1 Å². The standard InChI is InChI=1S/C17H18N4O4/c22-16(21-6-1-3-12(21)15-18-4-2-5-19-15)13-9-11(17(23)24)14-10-25-8-7-20(13)14/h2,4-5,9,12H,1,3,6-8,10H2,(H,23,24). The van der Waals surface area contributed by atoms with E-state index >= 15 is 0 Å². The predicted molar refractivity (Wildman–Crippen MR) is 86.1 cm³/mol. The van der Waals surface area contributed by atoms with E-state index < -0.39 is 5.97 Å². The summed E-state index contributed by atoms with van der Waals surface area (Å²) in [6.45, 7) is 1.76. The molecule has 0 aromatic carbocycles. The van der Waals surface area contributed by atoms with Crippen LogP contribution >= 0.6 is 0 Å². The molecule has 1 atom stereocenters. The summed E-state index contributed by atoms with van der Waals surface area (Å²) in [5.74, 6) is -0.594. The minimum atomic E-state index is -1.04. The highest BCUT2D eigenvalue weighted by Gasteiger charge is 2.35. The van der Waals surface area contributed by atoms with Gasteiger partial charge >= 0.3 is 5.97 Å². The Morgan fingerprint density at radius 3 is 2.80 bits per heavy atom. The quantitative estimate of drug-likeness (QED) is 0.907. The number of nitrogens with zero attached hydrogens (tertiary/aromatic N) is 4. The fourth-order valence-corrected chi connectivity index (χ4v) is 3.59. The van der Waals surface area contributed by atoms with E-state index in [4.69, 9.17) is 4.74 Å². The maximum absolute atomic E-state index is 13.2. The average molecular weight is 342 g/mol. The fraction of sp³-hybridized carbons (Fsp3) is 0.412. The van der Waals surface area contributed by atoms with E-state index in [1.54, 1.807) is 27.9 Å². The van der Waals surface area contributed by atoms with Crippen molar-refractivity contribution < 1.29 is 19.4 Å². The molecule has 0 spiro atoms. The number of aromatic nitrogens is 3. The molecule has 1 saturated heterocycles. The molecule has 0 aliphatic carbocycles. The lowest BCUT2D eigenvalue weighted by atomic mass is 10.2. The zero-order chi connectivity index (χ0) is 17.4. The molecule has 130 valence electrons. The number of fused-ring (bicyclic) bond motifs is 1. The van der Waals surface area contributed by atoms with Crippen LogP contribution in [0.5, 0.6) is 0 Å². The van der Waals surface area contributed by atoms with Crippen molar-refractivity contribution in [2.24, 2.45) is 0 Å². The van der Waals surface area contributed by atoms with Gasteiger partial charge in [-0.3, -0.25) is 4.79 Å². The maximum Gasteiger partial charge on any atom is 0.337 e. The van der Waals surface area contributed by atoms with E-state index in [0.29, 0.717) is 36.9 Å². The number of carbonyl (C=O) groups is 2. The Bertz CT molecular complexity index is 818. The van der Waals surface area contributed by atoms with Gasteiger partial charge in [0.25, 0.3) is 5.91 Å². The molecule has 2 aliphatic heterocycles. The third kappa shape index (κ3) is 2.68. The molecular formula is C17H18N4O4. The lowest BCUT2D eigenvalue weighted by Gasteiger charge is -2.25. The van der Waals surface area contributed by atoms with Gasteiger partial charge in [0.2, 0.25) is 0 Å². The molecule has 2 aromatic heterocycles. The lowest BCUT2D eigenvalue weighted by Crippen LogP contribution is -2.34. The van der Waals surface area contributed by atoms with E-state index in [2.05, 4.69) is 9.97 Å². The van der Waals surface area contributed by atoms with Crippen molar-refractivity contribution >= 4 is 11.9 Å². The summed E-state index contributed by atoms with van der Waals surface area (Å²) in [6.07, 6.45) is 5.01. The average Bonchev–Trinajstić information content (AvgIpc) is 3.27. The Kier molecular flexibility index (Phi) is 3.96. The monoisotopic (exact) mass is 342 g/mol. The Morgan fingerprint density at radius 1 is 1.24 bits per heavy atom. The van der Waals surface area contributed by atoms with Crippen LogP contribution in [0.25, 0.3) is 0 Å². The number of aromatic carboxylic acids is 1. The van der Waals surface area contributed by atoms with Gasteiger partial charge in [0.05, 0.1) is 30.5 Å². The van der Waals surface area contributed by atoms with Crippen LogP contribution in [-0.2, 0) is 17.9 Å². The molecule has 1 fully saturated rings. The van der Waals surface area contributed by atoms with Gasteiger partial charge in [-0.15, -0.1) is 0 Å². The van der Waals surface area contributed by atoms with E-state index in [1.807, 2.05) is 0 Å². The second-order valence-corrected chi connectivity index (χ2v) is 6.16. The number of rotatable bonds is 3. The number of carboxylic acids is 1. The molecule has 2 aromatic rings. The maximum atomic E-state index is 13.2. The first kappa shape index (κ1) is 15.8. The number of ether oxygens (including phenoxy) is 1. The van der Waals surface area contributed by atoms with Crippen molar-refractivity contribution in [3.63, 3.8) is 0 Å². The molecule has 25 heavy (non-hydrogen) atoms. The highest BCUT2D eigenvalue weighted by Crippen LogP contribution is 2.32. The van der Waals surface area contributed by atoms with Crippen LogP contribution in [0.2, 0.25) is 0 Å². The van der Waals surface area contributed by atoms with Gasteiger partial charge in [-0.1, -0.05) is 0 Å². The Hall–Kier alpha value is -2.74. The predicted octanol–water partition coefficient (Wildman–Crippen LogP) is 1.48. The Morgan fingerprint density at radius 2 is 2.04 bits per heavy atom. The number of amides is 1. The van der Waals surface area contributed by atoms with Gasteiger partial charge in [0.1, 0.15) is 5.69 Å². The molecule has 8 nitrogen and oxygen atoms in total. The van der Waals surface area contributed by atoms with Crippen molar-refractivity contribution in [2.45, 2.75) is 32.0 Å². The first-order valence-electron chi connectivity index (χ1n) is 8.28. The highest BCUT2D eigenvalue weighted by molar-refractivity contribution is 5.98. The van der Waals surface area contributed by atoms with Crippen molar-refractivity contribution in [2.75, 3.05) is 13.2 Å². The summed E-state index contributed by atoms with van der Waals surface area (Å²) in [6, 6.07) is 3.04. The molecule has 8 heteroatoms. The van der Waals surface area contributed by atoms with E-state index in [9.17, 15) is 14.7 Å². The van der Waals surface area contributed by atoms with Crippen molar-refractivity contribution in [3.8, 4) is 0 Å². The smallest absolute Gasteiger partial charge is 0.337 e. The van der Waals surface area contributed by atoms with Gasteiger partial charge in [-0.2, -0.15) is 0 Å². The molecule has 0 bridgehead atoms. The van der Waals surface area contributed by atoms with Crippen LogP contribution < -0.4 is 0 Å². The molecule has 1 N–H and O–H groups in total. The normalized spacial score (nSPS) is 19.7. The Balaban J connectivity index is 1.70. The third-order valence-corrected chi connectivity index (χ3v) is 4.75. The van der Waals surface area contributed by atoms with Crippen molar-refractivity contribution in [3.05, 3.63) is 47.3 Å². The van der Waals surface area contributed by atoms with Crippen LogP contribution in [0.4, 0.5) is 0 Å². The number of carboxylic acid groups (broad SMARTS) is 1. The topological polar surface area (TPSA) is 97.5 Å². The molecule has 4 heterocycles. The zero-order valence-electron chi connectivity index (χ0n) is 13.6. The van der Waals surface area contributed by atoms with Crippen LogP contribution in [0.15, 0.2) is 24.5 Å². The molecule has 1 amide bonds. The molecule has 1 unspecified atom stereocenters.